The van der Waals surface area contributed by atoms with E-state index in [0.717, 1.165) is 96.3 Å². The molecule has 0 bridgehead atoms. The summed E-state index contributed by atoms with van der Waals surface area (Å²) in [6.45, 7) is 6.24. The van der Waals surface area contributed by atoms with E-state index in [1.54, 1.807) is 0 Å². The normalized spacial score (nSPS) is 14.3. The van der Waals surface area contributed by atoms with Crippen LogP contribution < -0.4 is 5.32 Å². The Kier molecular flexibility index (Phi) is 49.8. The Hall–Kier alpha value is -4.00. The van der Waals surface area contributed by atoms with E-state index < -0.39 is 18.2 Å². The summed E-state index contributed by atoms with van der Waals surface area (Å²) in [6.07, 6.45) is 75.1. The van der Waals surface area contributed by atoms with E-state index in [-0.39, 0.29) is 31.3 Å². The Labute approximate surface area is 412 Å². The van der Waals surface area contributed by atoms with Crippen molar-refractivity contribution in [1.29, 1.82) is 0 Å². The minimum absolute atomic E-state index is 0.00996. The number of hydrogen-bond donors (Lipinski definition) is 3. The highest BCUT2D eigenvalue weighted by Gasteiger charge is 2.24. The Balaban J connectivity index is 4.82. The topological polar surface area (TPSA) is 95.9 Å². The predicted octanol–water partition coefficient (Wildman–Crippen LogP) is 16.6. The highest BCUT2D eigenvalue weighted by Crippen LogP contribution is 2.16. The van der Waals surface area contributed by atoms with Crippen molar-refractivity contribution >= 4 is 11.9 Å². The summed E-state index contributed by atoms with van der Waals surface area (Å²) >= 11 is 0. The second-order valence-corrected chi connectivity index (χ2v) is 17.7. The molecule has 0 saturated carbocycles. The lowest BCUT2D eigenvalue weighted by Crippen LogP contribution is -2.46. The number of rotatable bonds is 46. The monoisotopic (exact) mass is 926 g/mol. The summed E-state index contributed by atoms with van der Waals surface area (Å²) in [4.78, 5) is 26.2. The largest absolute Gasteiger partial charge is 0.462 e. The molecule has 67 heavy (non-hydrogen) atoms. The first-order valence-electron chi connectivity index (χ1n) is 27.0. The molecule has 6 heteroatoms. The molecule has 0 aromatic rings. The molecule has 0 saturated heterocycles. The van der Waals surface area contributed by atoms with E-state index in [9.17, 15) is 19.8 Å². The minimum Gasteiger partial charge on any atom is -0.462 e. The molecule has 3 unspecified atom stereocenters. The zero-order chi connectivity index (χ0) is 48.8. The van der Waals surface area contributed by atoms with Crippen molar-refractivity contribution in [2.24, 2.45) is 0 Å². The van der Waals surface area contributed by atoms with Crippen LogP contribution in [0.25, 0.3) is 0 Å². The second-order valence-electron chi connectivity index (χ2n) is 17.7. The summed E-state index contributed by atoms with van der Waals surface area (Å²) < 4.78 is 5.88. The van der Waals surface area contributed by atoms with Crippen LogP contribution in [-0.2, 0) is 14.3 Å². The van der Waals surface area contributed by atoms with Crippen LogP contribution in [0.3, 0.4) is 0 Å². The Bertz CT molecular complexity index is 1460. The molecule has 0 aliphatic heterocycles. The summed E-state index contributed by atoms with van der Waals surface area (Å²) in [5.41, 5.74) is 0. The van der Waals surface area contributed by atoms with Gasteiger partial charge in [-0.15, -0.1) is 0 Å². The van der Waals surface area contributed by atoms with Gasteiger partial charge in [0.25, 0.3) is 0 Å². The van der Waals surface area contributed by atoms with Gasteiger partial charge in [0.2, 0.25) is 5.91 Å². The third-order valence-electron chi connectivity index (χ3n) is 11.3. The fraction of sp³-hybridized carbons (Fsp3) is 0.607. The van der Waals surface area contributed by atoms with E-state index in [1.807, 2.05) is 42.5 Å². The van der Waals surface area contributed by atoms with E-state index >= 15 is 0 Å². The van der Waals surface area contributed by atoms with Crippen LogP contribution in [0.2, 0.25) is 0 Å². The van der Waals surface area contributed by atoms with Crippen molar-refractivity contribution < 1.29 is 24.5 Å². The number of nitrogens with one attached hydrogen (secondary N) is 1. The molecule has 0 aromatic heterocycles. The lowest BCUT2D eigenvalue weighted by molar-refractivity contribution is -0.150. The molecule has 0 fully saturated rings. The molecular weight excluding hydrogens is 827 g/mol. The van der Waals surface area contributed by atoms with Crippen LogP contribution in [0.1, 0.15) is 213 Å². The highest BCUT2D eigenvalue weighted by molar-refractivity contribution is 5.77. The van der Waals surface area contributed by atoms with E-state index in [2.05, 4.69) is 117 Å². The quantitative estimate of drug-likeness (QED) is 0.0245. The van der Waals surface area contributed by atoms with Gasteiger partial charge in [-0.1, -0.05) is 251 Å². The summed E-state index contributed by atoms with van der Waals surface area (Å²) in [7, 11) is 0. The average molecular weight is 926 g/mol. The Morgan fingerprint density at radius 2 is 0.896 bits per heavy atom. The predicted molar refractivity (Wildman–Crippen MR) is 291 cm³/mol. The molecule has 378 valence electrons. The van der Waals surface area contributed by atoms with Gasteiger partial charge in [0, 0.05) is 6.42 Å². The van der Waals surface area contributed by atoms with E-state index in [4.69, 9.17) is 4.74 Å². The number of aliphatic hydroxyl groups is 2. The molecule has 0 aliphatic carbocycles. The van der Waals surface area contributed by atoms with Gasteiger partial charge >= 0.3 is 5.97 Å². The maximum Gasteiger partial charge on any atom is 0.306 e. The van der Waals surface area contributed by atoms with Gasteiger partial charge in [-0.3, -0.25) is 9.59 Å². The van der Waals surface area contributed by atoms with Crippen molar-refractivity contribution in [2.75, 3.05) is 6.61 Å². The molecule has 1 amide bonds. The minimum atomic E-state index is -0.822. The third-order valence-corrected chi connectivity index (χ3v) is 11.3. The van der Waals surface area contributed by atoms with Gasteiger partial charge in [0.1, 0.15) is 6.10 Å². The van der Waals surface area contributed by atoms with Gasteiger partial charge in [-0.2, -0.15) is 0 Å². The fourth-order valence-electron chi connectivity index (χ4n) is 7.31. The van der Waals surface area contributed by atoms with Crippen LogP contribution in [0.4, 0.5) is 0 Å². The van der Waals surface area contributed by atoms with Crippen LogP contribution in [0.15, 0.2) is 134 Å². The smallest absolute Gasteiger partial charge is 0.306 e. The zero-order valence-corrected chi connectivity index (χ0v) is 43.0. The summed E-state index contributed by atoms with van der Waals surface area (Å²) in [5, 5.41) is 23.8. The van der Waals surface area contributed by atoms with Gasteiger partial charge in [0.05, 0.1) is 25.2 Å². The van der Waals surface area contributed by atoms with Gasteiger partial charge in [-0.05, 0) is 83.5 Å². The number of aliphatic hydroxyl groups excluding tert-OH is 2. The van der Waals surface area contributed by atoms with Crippen LogP contribution in [0.5, 0.6) is 0 Å². The molecule has 0 radical (unpaired) electrons. The van der Waals surface area contributed by atoms with Gasteiger partial charge < -0.3 is 20.3 Å². The Morgan fingerprint density at radius 1 is 0.463 bits per heavy atom. The van der Waals surface area contributed by atoms with Crippen LogP contribution in [-0.4, -0.2) is 46.9 Å². The average Bonchev–Trinajstić information content (AvgIpc) is 3.32. The van der Waals surface area contributed by atoms with Crippen LogP contribution in [0, 0.1) is 0 Å². The number of amides is 1. The number of allylic oxidation sites excluding steroid dienone is 22. The molecule has 6 nitrogen and oxygen atoms in total. The lowest BCUT2D eigenvalue weighted by atomic mass is 10.0. The molecule has 3 atom stereocenters. The van der Waals surface area contributed by atoms with Crippen molar-refractivity contribution in [3.05, 3.63) is 134 Å². The maximum atomic E-state index is 13.2. The third kappa shape index (κ3) is 48.3. The Morgan fingerprint density at radius 3 is 1.39 bits per heavy atom. The first kappa shape index (κ1) is 63.0. The lowest BCUT2D eigenvalue weighted by Gasteiger charge is -2.24. The molecule has 0 heterocycles. The SMILES string of the molecule is CC/C=C\C/C=C\C/C=C\C/C=C\C/C=C\C/C=C\CCC(=O)OC(CCCCC/C=C/C=C/C=C/C=C/C=C/CCC)CC(=O)NC(CO)C(O)CCCCCCCCCCCCCCC. The number of carbonyl (C=O) groups excluding carboxylic acids is 2. The van der Waals surface area contributed by atoms with Crippen molar-refractivity contribution in [3.8, 4) is 0 Å². The molecule has 0 aromatic carbocycles. The number of carbonyl (C=O) groups is 2. The van der Waals surface area contributed by atoms with E-state index in [1.165, 1.54) is 64.2 Å². The fourth-order valence-corrected chi connectivity index (χ4v) is 7.31. The number of esters is 1. The van der Waals surface area contributed by atoms with Gasteiger partial charge in [0.15, 0.2) is 0 Å². The molecule has 0 spiro atoms. The molecular formula is C61H99NO5. The van der Waals surface area contributed by atoms with Crippen molar-refractivity contribution in [3.63, 3.8) is 0 Å². The summed E-state index contributed by atoms with van der Waals surface area (Å²) in [5.74, 6) is -0.629. The molecule has 3 N–H and O–H groups in total. The first-order chi connectivity index (χ1) is 33.0. The standard InChI is InChI=1S/C61H99NO5/c1-4-7-10-13-16-19-22-25-27-29-30-31-33-36-39-42-45-48-51-54-61(66)67-57(52-49-46-43-40-37-35-32-28-26-23-20-17-14-11-8-5-2)55-60(65)62-58(56-63)59(64)53-50-47-44-41-38-34-24-21-18-15-12-9-6-3/h7,10-11,14,16-17,19-20,23,25-28,30-32,35-37,39,45,48,57-59,63-64H,4-6,8-9,12-13,15,18,21-22,24,29,33-34,38,40-44,46-47,49-56H2,1-3H3,(H,62,65)/b10-7-,14-11+,19-16-,20-17+,26-23+,27-25-,31-30-,32-28+,37-35+,39-36-,48-45-. The highest BCUT2D eigenvalue weighted by atomic mass is 16.5. The summed E-state index contributed by atoms with van der Waals surface area (Å²) in [6, 6.07) is -0.741. The second kappa shape index (κ2) is 53.0. The van der Waals surface area contributed by atoms with Crippen molar-refractivity contribution in [2.45, 2.75) is 232 Å². The maximum absolute atomic E-state index is 13.2. The van der Waals surface area contributed by atoms with Crippen LogP contribution >= 0.6 is 0 Å². The molecule has 0 rings (SSSR count). The number of unbranched alkanes of at least 4 members (excludes halogenated alkanes) is 16. The first-order valence-corrected chi connectivity index (χ1v) is 27.0. The molecule has 0 aliphatic rings. The zero-order valence-electron chi connectivity index (χ0n) is 43.0. The number of ether oxygens (including phenoxy) is 1. The van der Waals surface area contributed by atoms with E-state index in [0.29, 0.717) is 19.3 Å². The number of hydrogen-bond acceptors (Lipinski definition) is 5. The van der Waals surface area contributed by atoms with Gasteiger partial charge in [-0.25, -0.2) is 0 Å². The van der Waals surface area contributed by atoms with Crippen molar-refractivity contribution in [1.82, 2.24) is 5.32 Å².